The third-order valence-electron chi connectivity index (χ3n) is 2.10. The van der Waals surface area contributed by atoms with Crippen LogP contribution in [0.3, 0.4) is 0 Å². The molecule has 9 heteroatoms. The summed E-state index contributed by atoms with van der Waals surface area (Å²) in [5.74, 6) is -4.22. The van der Waals surface area contributed by atoms with E-state index >= 15 is 0 Å². The van der Waals surface area contributed by atoms with Crippen molar-refractivity contribution < 1.29 is 21.6 Å². The number of nitrogens with two attached hydrogens (primary N) is 1. The maximum Gasteiger partial charge on any atom is 0.246 e. The molecule has 0 aliphatic carbocycles. The molecule has 1 aromatic carbocycles. The Kier molecular flexibility index (Phi) is 4.88. The van der Waals surface area contributed by atoms with E-state index in [-0.39, 0.29) is 23.5 Å². The summed E-state index contributed by atoms with van der Waals surface area (Å²) < 4.78 is 65.0. The molecule has 0 aromatic heterocycles. The fourth-order valence-corrected chi connectivity index (χ4v) is 3.07. The van der Waals surface area contributed by atoms with Crippen molar-refractivity contribution in [2.45, 2.75) is 24.3 Å². The minimum Gasteiger partial charge on any atom is -0.393 e. The Morgan fingerprint density at radius 1 is 1.37 bits per heavy atom. The molecule has 4 nitrogen and oxygen atoms in total. The molecule has 1 unspecified atom stereocenters. The van der Waals surface area contributed by atoms with Gasteiger partial charge in [0, 0.05) is 24.6 Å². The largest absolute Gasteiger partial charge is 0.393 e. The van der Waals surface area contributed by atoms with Crippen LogP contribution in [0.25, 0.3) is 0 Å². The SMILES string of the molecule is CC(CC(N)=S)NS(=O)(=O)c1c(F)cc(F)cc1F. The first-order chi connectivity index (χ1) is 8.63. The van der Waals surface area contributed by atoms with E-state index in [9.17, 15) is 21.6 Å². The van der Waals surface area contributed by atoms with Gasteiger partial charge in [-0.15, -0.1) is 0 Å². The average Bonchev–Trinajstić information content (AvgIpc) is 2.10. The van der Waals surface area contributed by atoms with Crippen molar-refractivity contribution >= 4 is 27.2 Å². The van der Waals surface area contributed by atoms with Crippen LogP contribution in [0.4, 0.5) is 13.2 Å². The quantitative estimate of drug-likeness (QED) is 0.807. The van der Waals surface area contributed by atoms with Crippen molar-refractivity contribution in [3.63, 3.8) is 0 Å². The van der Waals surface area contributed by atoms with E-state index in [2.05, 4.69) is 12.2 Å². The molecule has 0 aliphatic rings. The lowest BCUT2D eigenvalue weighted by molar-refractivity contribution is 0.491. The number of benzene rings is 1. The summed E-state index contributed by atoms with van der Waals surface area (Å²) in [7, 11) is -4.47. The predicted octanol–water partition coefficient (Wildman–Crippen LogP) is 1.45. The summed E-state index contributed by atoms with van der Waals surface area (Å²) in [6.07, 6.45) is 0.0268. The number of thiocarbonyl (C=S) groups is 1. The van der Waals surface area contributed by atoms with Gasteiger partial charge in [-0.1, -0.05) is 12.2 Å². The van der Waals surface area contributed by atoms with Gasteiger partial charge < -0.3 is 5.73 Å². The van der Waals surface area contributed by atoms with Crippen LogP contribution in [0, 0.1) is 17.5 Å². The topological polar surface area (TPSA) is 72.2 Å². The van der Waals surface area contributed by atoms with Crippen molar-refractivity contribution in [3.8, 4) is 0 Å². The first-order valence-electron chi connectivity index (χ1n) is 5.08. The lowest BCUT2D eigenvalue weighted by Crippen LogP contribution is -2.36. The summed E-state index contributed by atoms with van der Waals surface area (Å²) in [5.41, 5.74) is 5.23. The van der Waals surface area contributed by atoms with Gasteiger partial charge in [-0.25, -0.2) is 26.3 Å². The minimum absolute atomic E-state index is 0.0268. The first kappa shape index (κ1) is 15.9. The zero-order valence-electron chi connectivity index (χ0n) is 9.78. The summed E-state index contributed by atoms with van der Waals surface area (Å²) in [6.45, 7) is 1.43. The Balaban J connectivity index is 3.11. The van der Waals surface area contributed by atoms with Crippen molar-refractivity contribution in [3.05, 3.63) is 29.6 Å². The van der Waals surface area contributed by atoms with Crippen molar-refractivity contribution in [2.24, 2.45) is 5.73 Å². The van der Waals surface area contributed by atoms with Gasteiger partial charge in [0.25, 0.3) is 0 Å². The van der Waals surface area contributed by atoms with Gasteiger partial charge in [-0.05, 0) is 6.92 Å². The molecule has 3 N–H and O–H groups in total. The van der Waals surface area contributed by atoms with Gasteiger partial charge in [0.1, 0.15) is 17.5 Å². The third kappa shape index (κ3) is 4.15. The normalized spacial score (nSPS) is 13.3. The summed E-state index contributed by atoms with van der Waals surface area (Å²) in [6, 6.07) is -0.169. The molecule has 0 amide bonds. The molecule has 0 saturated heterocycles. The maximum atomic E-state index is 13.4. The molecule has 0 fully saturated rings. The van der Waals surface area contributed by atoms with Crippen LogP contribution in [0.1, 0.15) is 13.3 Å². The molecule has 0 radical (unpaired) electrons. The number of hydrogen-bond donors (Lipinski definition) is 2. The van der Waals surface area contributed by atoms with Crippen molar-refractivity contribution in [1.29, 1.82) is 0 Å². The number of hydrogen-bond acceptors (Lipinski definition) is 3. The smallest absolute Gasteiger partial charge is 0.246 e. The Labute approximate surface area is 113 Å². The fraction of sp³-hybridized carbons (Fsp3) is 0.300. The van der Waals surface area contributed by atoms with Gasteiger partial charge >= 0.3 is 0 Å². The molecule has 0 heterocycles. The lowest BCUT2D eigenvalue weighted by Gasteiger charge is -2.14. The second-order valence-corrected chi connectivity index (χ2v) is 6.07. The standard InChI is InChI=1S/C10H11F3N2O2S2/c1-5(2-9(14)18)15-19(16,17)10-7(12)3-6(11)4-8(10)13/h3-5,15H,2H2,1H3,(H2,14,18). The molecule has 0 aliphatic heterocycles. The first-order valence-corrected chi connectivity index (χ1v) is 6.98. The Morgan fingerprint density at radius 3 is 2.26 bits per heavy atom. The van der Waals surface area contributed by atoms with Crippen LogP contribution in [-0.2, 0) is 10.0 Å². The average molecular weight is 312 g/mol. The fourth-order valence-electron chi connectivity index (χ4n) is 1.45. The van der Waals surface area contributed by atoms with Gasteiger partial charge in [-0.2, -0.15) is 0 Å². The Bertz CT molecular complexity index is 582. The van der Waals surface area contributed by atoms with E-state index in [1.54, 1.807) is 0 Å². The number of sulfonamides is 1. The molecule has 0 bridgehead atoms. The zero-order chi connectivity index (χ0) is 14.8. The highest BCUT2D eigenvalue weighted by atomic mass is 32.2. The number of halogens is 3. The van der Waals surface area contributed by atoms with Crippen molar-refractivity contribution in [2.75, 3.05) is 0 Å². The van der Waals surface area contributed by atoms with E-state index in [0.717, 1.165) is 0 Å². The van der Waals surface area contributed by atoms with Crippen LogP contribution in [0.2, 0.25) is 0 Å². The van der Waals surface area contributed by atoms with Gasteiger partial charge in [0.05, 0.1) is 4.99 Å². The Morgan fingerprint density at radius 2 is 1.84 bits per heavy atom. The van der Waals surface area contributed by atoms with Crippen LogP contribution in [0.15, 0.2) is 17.0 Å². The molecule has 0 saturated carbocycles. The van der Waals surface area contributed by atoms with E-state index < -0.39 is 38.4 Å². The summed E-state index contributed by atoms with van der Waals surface area (Å²) >= 11 is 4.59. The molecular weight excluding hydrogens is 301 g/mol. The van der Waals surface area contributed by atoms with E-state index in [0.29, 0.717) is 0 Å². The number of rotatable bonds is 5. The second kappa shape index (κ2) is 5.85. The third-order valence-corrected chi connectivity index (χ3v) is 3.90. The second-order valence-electron chi connectivity index (χ2n) is 3.89. The van der Waals surface area contributed by atoms with Crippen molar-refractivity contribution in [1.82, 2.24) is 4.72 Å². The van der Waals surface area contributed by atoms with E-state index in [4.69, 9.17) is 5.73 Å². The predicted molar refractivity (Wildman–Crippen MR) is 67.5 cm³/mol. The lowest BCUT2D eigenvalue weighted by atomic mass is 10.3. The Hall–Kier alpha value is -1.19. The number of nitrogens with one attached hydrogen (secondary N) is 1. The summed E-state index contributed by atoms with van der Waals surface area (Å²) in [4.78, 5) is -1.18. The van der Waals surface area contributed by atoms with Crippen LogP contribution >= 0.6 is 12.2 Å². The monoisotopic (exact) mass is 312 g/mol. The molecule has 1 atom stereocenters. The molecule has 1 rings (SSSR count). The van der Waals surface area contributed by atoms with Gasteiger partial charge in [0.2, 0.25) is 10.0 Å². The molecule has 106 valence electrons. The van der Waals surface area contributed by atoms with Crippen LogP contribution < -0.4 is 10.5 Å². The van der Waals surface area contributed by atoms with Gasteiger partial charge in [0.15, 0.2) is 4.90 Å². The molecule has 19 heavy (non-hydrogen) atoms. The highest BCUT2D eigenvalue weighted by molar-refractivity contribution is 7.89. The molecule has 0 spiro atoms. The van der Waals surface area contributed by atoms with Crippen LogP contribution in [0.5, 0.6) is 0 Å². The zero-order valence-corrected chi connectivity index (χ0v) is 11.4. The highest BCUT2D eigenvalue weighted by Crippen LogP contribution is 2.20. The molecule has 1 aromatic rings. The van der Waals surface area contributed by atoms with E-state index in [1.165, 1.54) is 6.92 Å². The highest BCUT2D eigenvalue weighted by Gasteiger charge is 2.26. The summed E-state index contributed by atoms with van der Waals surface area (Å²) in [5, 5.41) is 0. The molecular formula is C10H11F3N2O2S2. The maximum absolute atomic E-state index is 13.4. The minimum atomic E-state index is -4.47. The van der Waals surface area contributed by atoms with E-state index in [1.807, 2.05) is 4.72 Å². The van der Waals surface area contributed by atoms with Gasteiger partial charge in [-0.3, -0.25) is 0 Å². The van der Waals surface area contributed by atoms with Crippen LogP contribution in [-0.4, -0.2) is 19.4 Å².